The van der Waals surface area contributed by atoms with Crippen LogP contribution in [0.4, 0.5) is 5.69 Å². The molecule has 1 heterocycles. The van der Waals surface area contributed by atoms with E-state index in [9.17, 15) is 9.59 Å². The van der Waals surface area contributed by atoms with Crippen LogP contribution in [0.3, 0.4) is 0 Å². The maximum absolute atomic E-state index is 12.6. The summed E-state index contributed by atoms with van der Waals surface area (Å²) in [5, 5.41) is 2.93. The highest BCUT2D eigenvalue weighted by molar-refractivity contribution is 5.97. The van der Waals surface area contributed by atoms with Crippen LogP contribution in [0.1, 0.15) is 44.0 Å². The number of nitrogens with zero attached hydrogens (tertiary/aromatic N) is 2. The van der Waals surface area contributed by atoms with E-state index in [1.807, 2.05) is 51.1 Å². The van der Waals surface area contributed by atoms with Crippen molar-refractivity contribution in [2.24, 2.45) is 0 Å². The van der Waals surface area contributed by atoms with Crippen LogP contribution in [0.25, 0.3) is 0 Å². The van der Waals surface area contributed by atoms with E-state index in [2.05, 4.69) is 10.2 Å². The van der Waals surface area contributed by atoms with Crippen LogP contribution in [0.2, 0.25) is 0 Å². The van der Waals surface area contributed by atoms with Crippen LogP contribution in [0, 0.1) is 0 Å². The molecule has 0 aliphatic carbocycles. The summed E-state index contributed by atoms with van der Waals surface area (Å²) < 4.78 is 11.8. The molecule has 33 heavy (non-hydrogen) atoms. The number of carbonyl (C=O) groups is 2. The Morgan fingerprint density at radius 3 is 2.36 bits per heavy atom. The van der Waals surface area contributed by atoms with Gasteiger partial charge in [0.2, 0.25) is 5.91 Å². The van der Waals surface area contributed by atoms with Crippen molar-refractivity contribution in [2.75, 3.05) is 44.6 Å². The van der Waals surface area contributed by atoms with Gasteiger partial charge in [0, 0.05) is 37.4 Å². The SMILES string of the molecule is CCOc1ccccc1OC1CCN(CC(=O)Nc2cccc(C(=O)N(CC)CC)c2)CC1. The predicted molar refractivity (Wildman–Crippen MR) is 130 cm³/mol. The summed E-state index contributed by atoms with van der Waals surface area (Å²) in [4.78, 5) is 29.1. The van der Waals surface area contributed by atoms with Crippen molar-refractivity contribution >= 4 is 17.5 Å². The number of rotatable bonds is 10. The van der Waals surface area contributed by atoms with Gasteiger partial charge in [-0.15, -0.1) is 0 Å². The van der Waals surface area contributed by atoms with Crippen molar-refractivity contribution in [3.8, 4) is 11.5 Å². The second kappa shape index (κ2) is 12.3. The highest BCUT2D eigenvalue weighted by Gasteiger charge is 2.23. The number of hydrogen-bond donors (Lipinski definition) is 1. The fourth-order valence-electron chi connectivity index (χ4n) is 4.01. The number of piperidine rings is 1. The second-order valence-electron chi connectivity index (χ2n) is 8.08. The van der Waals surface area contributed by atoms with Gasteiger partial charge in [-0.2, -0.15) is 0 Å². The Kier molecular flexibility index (Phi) is 9.13. The monoisotopic (exact) mass is 453 g/mol. The van der Waals surface area contributed by atoms with Crippen molar-refractivity contribution in [1.29, 1.82) is 0 Å². The molecule has 7 heteroatoms. The molecule has 2 amide bonds. The molecule has 1 aliphatic rings. The fourth-order valence-corrected chi connectivity index (χ4v) is 4.01. The molecule has 1 aliphatic heterocycles. The van der Waals surface area contributed by atoms with Crippen LogP contribution in [0.15, 0.2) is 48.5 Å². The normalized spacial score (nSPS) is 14.5. The Bertz CT molecular complexity index is 921. The molecule has 2 aromatic rings. The predicted octanol–water partition coefficient (Wildman–Crippen LogP) is 4.05. The van der Waals surface area contributed by atoms with E-state index in [1.165, 1.54) is 0 Å². The van der Waals surface area contributed by atoms with Gasteiger partial charge in [-0.05, 0) is 63.9 Å². The van der Waals surface area contributed by atoms with Crippen molar-refractivity contribution in [1.82, 2.24) is 9.80 Å². The van der Waals surface area contributed by atoms with Crippen LogP contribution < -0.4 is 14.8 Å². The van der Waals surface area contributed by atoms with E-state index in [0.717, 1.165) is 37.4 Å². The second-order valence-corrected chi connectivity index (χ2v) is 8.08. The van der Waals surface area contributed by atoms with E-state index in [-0.39, 0.29) is 17.9 Å². The zero-order valence-electron chi connectivity index (χ0n) is 19.9. The molecule has 1 N–H and O–H groups in total. The standard InChI is InChI=1S/C26H35N3O4/c1-4-29(5-2)26(31)20-10-9-11-21(18-20)27-25(30)19-28-16-14-22(15-17-28)33-24-13-8-7-12-23(24)32-6-3/h7-13,18,22H,4-6,14-17,19H2,1-3H3,(H,27,30). The minimum atomic E-state index is -0.0801. The lowest BCUT2D eigenvalue weighted by Crippen LogP contribution is -2.42. The molecule has 0 spiro atoms. The summed E-state index contributed by atoms with van der Waals surface area (Å²) in [6, 6.07) is 14.9. The number of benzene rings is 2. The third kappa shape index (κ3) is 6.96. The van der Waals surface area contributed by atoms with Crippen molar-refractivity contribution < 1.29 is 19.1 Å². The molecule has 0 radical (unpaired) electrons. The molecule has 3 rings (SSSR count). The first-order valence-corrected chi connectivity index (χ1v) is 11.8. The van der Waals surface area contributed by atoms with E-state index < -0.39 is 0 Å². The highest BCUT2D eigenvalue weighted by atomic mass is 16.5. The summed E-state index contributed by atoms with van der Waals surface area (Å²) >= 11 is 0. The Morgan fingerprint density at radius 2 is 1.70 bits per heavy atom. The van der Waals surface area contributed by atoms with E-state index in [0.29, 0.717) is 37.5 Å². The molecular weight excluding hydrogens is 418 g/mol. The number of amides is 2. The third-order valence-electron chi connectivity index (χ3n) is 5.79. The van der Waals surface area contributed by atoms with Crippen LogP contribution in [-0.4, -0.2) is 67.0 Å². The van der Waals surface area contributed by atoms with Gasteiger partial charge in [-0.1, -0.05) is 18.2 Å². The van der Waals surface area contributed by atoms with E-state index in [4.69, 9.17) is 9.47 Å². The van der Waals surface area contributed by atoms with Gasteiger partial charge >= 0.3 is 0 Å². The minimum absolute atomic E-state index is 0.0240. The largest absolute Gasteiger partial charge is 0.490 e. The summed E-state index contributed by atoms with van der Waals surface area (Å²) in [7, 11) is 0. The molecule has 2 aromatic carbocycles. The summed E-state index contributed by atoms with van der Waals surface area (Å²) in [6.45, 7) is 9.67. The topological polar surface area (TPSA) is 71.1 Å². The van der Waals surface area contributed by atoms with Crippen LogP contribution >= 0.6 is 0 Å². The lowest BCUT2D eigenvalue weighted by atomic mass is 10.1. The van der Waals surface area contributed by atoms with Gasteiger partial charge in [0.15, 0.2) is 11.5 Å². The maximum Gasteiger partial charge on any atom is 0.253 e. The molecule has 1 saturated heterocycles. The maximum atomic E-state index is 12.6. The number of ether oxygens (including phenoxy) is 2. The van der Waals surface area contributed by atoms with E-state index >= 15 is 0 Å². The molecular formula is C26H35N3O4. The lowest BCUT2D eigenvalue weighted by molar-refractivity contribution is -0.117. The number of para-hydroxylation sites is 2. The average Bonchev–Trinajstić information content (AvgIpc) is 2.82. The van der Waals surface area contributed by atoms with Gasteiger partial charge < -0.3 is 19.7 Å². The van der Waals surface area contributed by atoms with Crippen LogP contribution in [-0.2, 0) is 4.79 Å². The molecule has 1 fully saturated rings. The first-order chi connectivity index (χ1) is 16.0. The lowest BCUT2D eigenvalue weighted by Gasteiger charge is -2.32. The quantitative estimate of drug-likeness (QED) is 0.588. The first-order valence-electron chi connectivity index (χ1n) is 11.8. The Hall–Kier alpha value is -3.06. The number of anilines is 1. The van der Waals surface area contributed by atoms with Gasteiger partial charge in [0.25, 0.3) is 5.91 Å². The Balaban J connectivity index is 1.48. The van der Waals surface area contributed by atoms with Crippen molar-refractivity contribution in [3.05, 3.63) is 54.1 Å². The van der Waals surface area contributed by atoms with Crippen molar-refractivity contribution in [3.63, 3.8) is 0 Å². The zero-order chi connectivity index (χ0) is 23.6. The molecule has 0 atom stereocenters. The summed E-state index contributed by atoms with van der Waals surface area (Å²) in [6.07, 6.45) is 1.80. The Morgan fingerprint density at radius 1 is 1.00 bits per heavy atom. The minimum Gasteiger partial charge on any atom is -0.490 e. The van der Waals surface area contributed by atoms with Gasteiger partial charge in [0.05, 0.1) is 13.2 Å². The van der Waals surface area contributed by atoms with Gasteiger partial charge in [-0.25, -0.2) is 0 Å². The average molecular weight is 454 g/mol. The molecule has 178 valence electrons. The number of hydrogen-bond acceptors (Lipinski definition) is 5. The van der Waals surface area contributed by atoms with Crippen molar-refractivity contribution in [2.45, 2.75) is 39.7 Å². The molecule has 0 bridgehead atoms. The smallest absolute Gasteiger partial charge is 0.253 e. The highest BCUT2D eigenvalue weighted by Crippen LogP contribution is 2.29. The molecule has 0 saturated carbocycles. The summed E-state index contributed by atoms with van der Waals surface area (Å²) in [5.41, 5.74) is 1.23. The number of likely N-dealkylation sites (tertiary alicyclic amines) is 1. The number of nitrogens with one attached hydrogen (secondary N) is 1. The number of carbonyl (C=O) groups excluding carboxylic acids is 2. The Labute approximate surface area is 196 Å². The van der Waals surface area contributed by atoms with E-state index in [1.54, 1.807) is 23.1 Å². The van der Waals surface area contributed by atoms with Gasteiger partial charge in [0.1, 0.15) is 6.10 Å². The zero-order valence-corrected chi connectivity index (χ0v) is 19.9. The van der Waals surface area contributed by atoms with Crippen LogP contribution in [0.5, 0.6) is 11.5 Å². The molecule has 0 aromatic heterocycles. The fraction of sp³-hybridized carbons (Fsp3) is 0.462. The molecule has 7 nitrogen and oxygen atoms in total. The first kappa shape index (κ1) is 24.6. The third-order valence-corrected chi connectivity index (χ3v) is 5.79. The summed E-state index contributed by atoms with van der Waals surface area (Å²) in [5.74, 6) is 1.44. The molecule has 0 unspecified atom stereocenters. The van der Waals surface area contributed by atoms with Gasteiger partial charge in [-0.3, -0.25) is 14.5 Å².